The minimum absolute atomic E-state index is 0.936. The number of nitrogens with zero attached hydrogens (tertiary/aromatic N) is 2. The van der Waals surface area contributed by atoms with Gasteiger partial charge in [0, 0.05) is 14.1 Å². The Bertz CT molecular complexity index is 280. The predicted octanol–water partition coefficient (Wildman–Crippen LogP) is 1.98. The van der Waals surface area contributed by atoms with Crippen LogP contribution in [0.1, 0.15) is 6.92 Å². The lowest BCUT2D eigenvalue weighted by Crippen LogP contribution is -2.09. The Morgan fingerprint density at radius 3 is 2.50 bits per heavy atom. The molecular weight excluding hydrogens is 148 g/mol. The molecule has 2 nitrogen and oxygen atoms in total. The number of allylic oxidation sites excluding steroid dienone is 5. The topological polar surface area (TPSA) is 15.6 Å². The highest BCUT2D eigenvalue weighted by molar-refractivity contribution is 6.11. The van der Waals surface area contributed by atoms with Crippen molar-refractivity contribution in [2.75, 3.05) is 14.1 Å². The molecular formula is C10H14N2. The molecule has 64 valence electrons. The summed E-state index contributed by atoms with van der Waals surface area (Å²) in [5, 5.41) is 6.05. The average molecular weight is 162 g/mol. The molecule has 0 saturated carbocycles. The van der Waals surface area contributed by atoms with Crippen molar-refractivity contribution in [1.82, 2.24) is 5.01 Å². The van der Waals surface area contributed by atoms with Crippen molar-refractivity contribution in [3.8, 4) is 0 Å². The van der Waals surface area contributed by atoms with Crippen LogP contribution in [0.4, 0.5) is 0 Å². The van der Waals surface area contributed by atoms with E-state index in [-0.39, 0.29) is 0 Å². The van der Waals surface area contributed by atoms with Gasteiger partial charge in [0.15, 0.2) is 0 Å². The van der Waals surface area contributed by atoms with Crippen LogP contribution in [0.5, 0.6) is 0 Å². The Kier molecular flexibility index (Phi) is 2.48. The summed E-state index contributed by atoms with van der Waals surface area (Å²) in [6, 6.07) is 0. The summed E-state index contributed by atoms with van der Waals surface area (Å²) in [6.45, 7) is 5.96. The van der Waals surface area contributed by atoms with E-state index in [1.54, 1.807) is 5.01 Å². The van der Waals surface area contributed by atoms with E-state index in [1.165, 1.54) is 5.57 Å². The molecule has 0 aliphatic heterocycles. The fourth-order valence-corrected chi connectivity index (χ4v) is 1.03. The van der Waals surface area contributed by atoms with Gasteiger partial charge in [-0.25, -0.2) is 0 Å². The van der Waals surface area contributed by atoms with Gasteiger partial charge in [0.05, 0.1) is 5.71 Å². The van der Waals surface area contributed by atoms with Gasteiger partial charge in [-0.3, -0.25) is 0 Å². The zero-order chi connectivity index (χ0) is 9.14. The molecule has 0 atom stereocenters. The van der Waals surface area contributed by atoms with Gasteiger partial charge in [0.2, 0.25) is 0 Å². The average Bonchev–Trinajstić information content (AvgIpc) is 1.94. The summed E-state index contributed by atoms with van der Waals surface area (Å²) in [7, 11) is 3.80. The van der Waals surface area contributed by atoms with Crippen molar-refractivity contribution >= 4 is 5.71 Å². The summed E-state index contributed by atoms with van der Waals surface area (Å²) < 4.78 is 0. The van der Waals surface area contributed by atoms with Crippen LogP contribution in [0.15, 0.2) is 41.1 Å². The van der Waals surface area contributed by atoms with Crippen molar-refractivity contribution < 1.29 is 0 Å². The molecule has 0 N–H and O–H groups in total. The molecule has 0 fully saturated rings. The van der Waals surface area contributed by atoms with Gasteiger partial charge >= 0.3 is 0 Å². The first-order chi connectivity index (χ1) is 5.59. The zero-order valence-corrected chi connectivity index (χ0v) is 7.83. The molecule has 0 aromatic carbocycles. The van der Waals surface area contributed by atoms with Crippen LogP contribution < -0.4 is 0 Å². The number of hydrazone groups is 1. The smallest absolute Gasteiger partial charge is 0.0897 e. The third-order valence-electron chi connectivity index (χ3n) is 1.54. The van der Waals surface area contributed by atoms with E-state index >= 15 is 0 Å². The Labute approximate surface area is 73.6 Å². The van der Waals surface area contributed by atoms with Crippen molar-refractivity contribution in [3.63, 3.8) is 0 Å². The van der Waals surface area contributed by atoms with Crippen LogP contribution in [-0.4, -0.2) is 24.8 Å². The molecule has 1 rings (SSSR count). The zero-order valence-electron chi connectivity index (χ0n) is 7.83. The molecule has 0 aromatic heterocycles. The summed E-state index contributed by atoms with van der Waals surface area (Å²) in [5.41, 5.74) is 3.13. The Balaban J connectivity index is 2.87. The number of hydrogen-bond acceptors (Lipinski definition) is 2. The van der Waals surface area contributed by atoms with E-state index in [0.717, 1.165) is 11.3 Å². The molecule has 1 aliphatic rings. The standard InChI is InChI=1S/C10H14N2/c1-8-5-6-10(9(2)7-8)11-12(3)4/h5-7H,2H2,1,3-4H3/b11-10-. The molecule has 0 amide bonds. The molecule has 0 heterocycles. The lowest BCUT2D eigenvalue weighted by molar-refractivity contribution is 0.438. The number of hydrogen-bond donors (Lipinski definition) is 0. The van der Waals surface area contributed by atoms with Gasteiger partial charge in [0.25, 0.3) is 0 Å². The first-order valence-electron chi connectivity index (χ1n) is 3.91. The van der Waals surface area contributed by atoms with E-state index in [4.69, 9.17) is 0 Å². The normalized spacial score (nSPS) is 19.8. The first kappa shape index (κ1) is 8.78. The second kappa shape index (κ2) is 3.39. The van der Waals surface area contributed by atoms with Gasteiger partial charge in [0.1, 0.15) is 0 Å². The maximum Gasteiger partial charge on any atom is 0.0897 e. The van der Waals surface area contributed by atoms with Crippen LogP contribution in [-0.2, 0) is 0 Å². The van der Waals surface area contributed by atoms with Crippen molar-refractivity contribution in [3.05, 3.63) is 36.0 Å². The van der Waals surface area contributed by atoms with E-state index in [2.05, 4.69) is 11.7 Å². The fraction of sp³-hybridized carbons (Fsp3) is 0.300. The van der Waals surface area contributed by atoms with Crippen LogP contribution in [0.3, 0.4) is 0 Å². The first-order valence-corrected chi connectivity index (χ1v) is 3.91. The SMILES string of the molecule is C=C1C=C(C)C=C/C1=N/N(C)C. The van der Waals surface area contributed by atoms with Crippen LogP contribution >= 0.6 is 0 Å². The second-order valence-electron chi connectivity index (χ2n) is 3.08. The fourth-order valence-electron chi connectivity index (χ4n) is 1.03. The largest absolute Gasteiger partial charge is 0.303 e. The summed E-state index contributed by atoms with van der Waals surface area (Å²) in [5.74, 6) is 0. The highest BCUT2D eigenvalue weighted by atomic mass is 15.4. The third-order valence-corrected chi connectivity index (χ3v) is 1.54. The minimum Gasteiger partial charge on any atom is -0.303 e. The van der Waals surface area contributed by atoms with Crippen LogP contribution in [0, 0.1) is 0 Å². The highest BCUT2D eigenvalue weighted by Gasteiger charge is 2.03. The second-order valence-corrected chi connectivity index (χ2v) is 3.08. The Hall–Kier alpha value is -1.31. The predicted molar refractivity (Wildman–Crippen MR) is 53.2 cm³/mol. The van der Waals surface area contributed by atoms with Crippen LogP contribution in [0.25, 0.3) is 0 Å². The molecule has 0 bridgehead atoms. The number of rotatable bonds is 1. The van der Waals surface area contributed by atoms with Crippen molar-refractivity contribution in [1.29, 1.82) is 0 Å². The lowest BCUT2D eigenvalue weighted by Gasteiger charge is -2.11. The molecule has 1 aliphatic carbocycles. The van der Waals surface area contributed by atoms with Crippen LogP contribution in [0.2, 0.25) is 0 Å². The molecule has 0 aromatic rings. The quantitative estimate of drug-likeness (QED) is 0.538. The molecule has 2 heteroatoms. The van der Waals surface area contributed by atoms with E-state index in [1.807, 2.05) is 39.2 Å². The van der Waals surface area contributed by atoms with E-state index in [0.29, 0.717) is 0 Å². The molecule has 0 spiro atoms. The Morgan fingerprint density at radius 1 is 1.33 bits per heavy atom. The van der Waals surface area contributed by atoms with Crippen molar-refractivity contribution in [2.24, 2.45) is 5.10 Å². The summed E-state index contributed by atoms with van der Waals surface area (Å²) in [4.78, 5) is 0. The highest BCUT2D eigenvalue weighted by Crippen LogP contribution is 2.11. The molecule has 0 radical (unpaired) electrons. The maximum atomic E-state index is 4.27. The summed E-state index contributed by atoms with van der Waals surface area (Å²) >= 11 is 0. The monoisotopic (exact) mass is 162 g/mol. The van der Waals surface area contributed by atoms with Crippen molar-refractivity contribution in [2.45, 2.75) is 6.92 Å². The maximum absolute atomic E-state index is 4.27. The van der Waals surface area contributed by atoms with Gasteiger partial charge in [-0.05, 0) is 18.6 Å². The van der Waals surface area contributed by atoms with Gasteiger partial charge in [-0.15, -0.1) is 0 Å². The molecule has 0 unspecified atom stereocenters. The minimum atomic E-state index is 0.936. The van der Waals surface area contributed by atoms with Gasteiger partial charge < -0.3 is 5.01 Å². The Morgan fingerprint density at radius 2 is 2.00 bits per heavy atom. The van der Waals surface area contributed by atoms with Gasteiger partial charge in [-0.1, -0.05) is 24.3 Å². The summed E-state index contributed by atoms with van der Waals surface area (Å²) in [6.07, 6.45) is 6.05. The molecule has 12 heavy (non-hydrogen) atoms. The van der Waals surface area contributed by atoms with Gasteiger partial charge in [-0.2, -0.15) is 5.10 Å². The van der Waals surface area contributed by atoms with E-state index < -0.39 is 0 Å². The molecule has 0 saturated heterocycles. The lowest BCUT2D eigenvalue weighted by atomic mass is 10.0. The third kappa shape index (κ3) is 2.09. The van der Waals surface area contributed by atoms with E-state index in [9.17, 15) is 0 Å².